The molecular weight excluding hydrogens is 358 g/mol. The van der Waals surface area contributed by atoms with Gasteiger partial charge in [-0.1, -0.05) is 6.92 Å². The van der Waals surface area contributed by atoms with Gasteiger partial charge in [-0.25, -0.2) is 12.7 Å². The molecule has 1 atom stereocenters. The van der Waals surface area contributed by atoms with Crippen molar-refractivity contribution in [3.8, 4) is 0 Å². The van der Waals surface area contributed by atoms with E-state index in [0.717, 1.165) is 32.4 Å². The molecule has 3 rings (SSSR count). The van der Waals surface area contributed by atoms with Gasteiger partial charge in [0.1, 0.15) is 0 Å². The van der Waals surface area contributed by atoms with Gasteiger partial charge >= 0.3 is 0 Å². The van der Waals surface area contributed by atoms with Crippen LogP contribution >= 0.6 is 11.3 Å². The number of nitrogens with zero attached hydrogens (tertiary/aromatic N) is 3. The second-order valence-electron chi connectivity index (χ2n) is 6.85. The molecule has 2 aliphatic heterocycles. The summed E-state index contributed by atoms with van der Waals surface area (Å²) >= 11 is 1.79. The Morgan fingerprint density at radius 3 is 2.76 bits per heavy atom. The SMILES string of the molecule is CCC1c2ccsc2CCN1C(=O)CN1CCCN(S(C)(=O)=O)CC1. The lowest BCUT2D eigenvalue weighted by molar-refractivity contribution is -0.135. The minimum absolute atomic E-state index is 0.163. The van der Waals surface area contributed by atoms with Gasteiger partial charge in [-0.15, -0.1) is 11.3 Å². The molecule has 2 aliphatic rings. The average Bonchev–Trinajstić information content (AvgIpc) is 2.91. The van der Waals surface area contributed by atoms with Crippen molar-refractivity contribution in [2.75, 3.05) is 45.5 Å². The van der Waals surface area contributed by atoms with E-state index in [1.54, 1.807) is 11.3 Å². The molecule has 1 aromatic rings. The van der Waals surface area contributed by atoms with Crippen LogP contribution in [0, 0.1) is 0 Å². The summed E-state index contributed by atoms with van der Waals surface area (Å²) in [6.07, 6.45) is 3.90. The first-order valence-electron chi connectivity index (χ1n) is 8.93. The Labute approximate surface area is 154 Å². The Morgan fingerprint density at radius 2 is 2.04 bits per heavy atom. The van der Waals surface area contributed by atoms with Gasteiger partial charge in [-0.2, -0.15) is 0 Å². The van der Waals surface area contributed by atoms with Crippen LogP contribution < -0.4 is 0 Å². The molecule has 0 saturated carbocycles. The molecular formula is C17H27N3O3S2. The van der Waals surface area contributed by atoms with Crippen molar-refractivity contribution in [1.29, 1.82) is 0 Å². The quantitative estimate of drug-likeness (QED) is 0.789. The van der Waals surface area contributed by atoms with Gasteiger partial charge in [0, 0.05) is 31.1 Å². The maximum atomic E-state index is 12.9. The minimum atomic E-state index is -3.15. The lowest BCUT2D eigenvalue weighted by Gasteiger charge is -2.36. The van der Waals surface area contributed by atoms with E-state index in [9.17, 15) is 13.2 Å². The molecule has 1 fully saturated rings. The molecule has 0 spiro atoms. The largest absolute Gasteiger partial charge is 0.334 e. The van der Waals surface area contributed by atoms with Crippen LogP contribution in [-0.2, 0) is 21.2 Å². The predicted molar refractivity (Wildman–Crippen MR) is 100 cm³/mol. The molecule has 0 aliphatic carbocycles. The van der Waals surface area contributed by atoms with E-state index in [4.69, 9.17) is 0 Å². The number of carbonyl (C=O) groups excluding carboxylic acids is 1. The van der Waals surface area contributed by atoms with Gasteiger partial charge in [0.2, 0.25) is 15.9 Å². The number of rotatable bonds is 4. The number of fused-ring (bicyclic) bond motifs is 1. The Bertz CT molecular complexity index is 716. The van der Waals surface area contributed by atoms with Gasteiger partial charge in [0.05, 0.1) is 18.8 Å². The Balaban J connectivity index is 1.62. The molecule has 0 aromatic carbocycles. The van der Waals surface area contributed by atoms with E-state index in [-0.39, 0.29) is 11.9 Å². The monoisotopic (exact) mass is 385 g/mol. The second kappa shape index (κ2) is 7.73. The number of hydrogen-bond donors (Lipinski definition) is 0. The zero-order chi connectivity index (χ0) is 18.0. The number of carbonyl (C=O) groups is 1. The standard InChI is InChI=1S/C17H27N3O3S2/c1-3-15-14-6-12-24-16(14)5-9-20(15)17(21)13-18-7-4-8-19(11-10-18)25(2,22)23/h6,12,15H,3-5,7-11,13H2,1-2H3. The van der Waals surface area contributed by atoms with Crippen molar-refractivity contribution in [3.63, 3.8) is 0 Å². The third kappa shape index (κ3) is 4.24. The summed E-state index contributed by atoms with van der Waals surface area (Å²) in [5.41, 5.74) is 1.31. The van der Waals surface area contributed by atoms with Gasteiger partial charge < -0.3 is 4.90 Å². The van der Waals surface area contributed by atoms with Crippen molar-refractivity contribution >= 4 is 27.3 Å². The maximum Gasteiger partial charge on any atom is 0.237 e. The Morgan fingerprint density at radius 1 is 1.24 bits per heavy atom. The highest BCUT2D eigenvalue weighted by molar-refractivity contribution is 7.88. The number of thiophene rings is 1. The molecule has 3 heterocycles. The highest BCUT2D eigenvalue weighted by Gasteiger charge is 2.31. The normalized spacial score (nSPS) is 23.3. The van der Waals surface area contributed by atoms with Crippen LogP contribution in [0.15, 0.2) is 11.4 Å². The fourth-order valence-electron chi connectivity index (χ4n) is 3.85. The molecule has 0 bridgehead atoms. The smallest absolute Gasteiger partial charge is 0.237 e. The van der Waals surface area contributed by atoms with Crippen molar-refractivity contribution in [2.24, 2.45) is 0 Å². The molecule has 0 radical (unpaired) electrons. The van der Waals surface area contributed by atoms with Crippen LogP contribution in [-0.4, -0.2) is 74.0 Å². The van der Waals surface area contributed by atoms with E-state index >= 15 is 0 Å². The fourth-order valence-corrected chi connectivity index (χ4v) is 5.66. The lowest BCUT2D eigenvalue weighted by atomic mass is 9.97. The van der Waals surface area contributed by atoms with Crippen LogP contribution in [0.1, 0.15) is 36.2 Å². The molecule has 25 heavy (non-hydrogen) atoms. The van der Waals surface area contributed by atoms with E-state index in [1.165, 1.54) is 21.0 Å². The van der Waals surface area contributed by atoms with Crippen molar-refractivity contribution in [2.45, 2.75) is 32.2 Å². The zero-order valence-corrected chi connectivity index (χ0v) is 16.6. The fraction of sp³-hybridized carbons (Fsp3) is 0.706. The molecule has 1 aromatic heterocycles. The van der Waals surface area contributed by atoms with E-state index in [2.05, 4.69) is 23.3 Å². The summed E-state index contributed by atoms with van der Waals surface area (Å²) in [5, 5.41) is 2.12. The highest BCUT2D eigenvalue weighted by atomic mass is 32.2. The van der Waals surface area contributed by atoms with Crippen molar-refractivity contribution in [3.05, 3.63) is 21.9 Å². The average molecular weight is 386 g/mol. The predicted octanol–water partition coefficient (Wildman–Crippen LogP) is 1.55. The van der Waals surface area contributed by atoms with Gasteiger partial charge in [-0.3, -0.25) is 9.69 Å². The lowest BCUT2D eigenvalue weighted by Crippen LogP contribution is -2.45. The second-order valence-corrected chi connectivity index (χ2v) is 9.84. The van der Waals surface area contributed by atoms with E-state index < -0.39 is 10.0 Å². The van der Waals surface area contributed by atoms with E-state index in [1.807, 2.05) is 4.90 Å². The zero-order valence-electron chi connectivity index (χ0n) is 15.0. The van der Waals surface area contributed by atoms with Crippen LogP contribution in [0.2, 0.25) is 0 Å². The van der Waals surface area contributed by atoms with Gasteiger partial charge in [0.15, 0.2) is 0 Å². The summed E-state index contributed by atoms with van der Waals surface area (Å²) in [6, 6.07) is 2.34. The van der Waals surface area contributed by atoms with Crippen LogP contribution in [0.5, 0.6) is 0 Å². The summed E-state index contributed by atoms with van der Waals surface area (Å²) in [7, 11) is -3.15. The first-order chi connectivity index (χ1) is 11.9. The summed E-state index contributed by atoms with van der Waals surface area (Å²) < 4.78 is 25.0. The molecule has 6 nitrogen and oxygen atoms in total. The number of sulfonamides is 1. The van der Waals surface area contributed by atoms with Crippen molar-refractivity contribution < 1.29 is 13.2 Å². The Hall–Kier alpha value is -0.960. The van der Waals surface area contributed by atoms with Gasteiger partial charge in [-0.05, 0) is 42.8 Å². The number of amides is 1. The first-order valence-corrected chi connectivity index (χ1v) is 11.7. The van der Waals surface area contributed by atoms with Crippen LogP contribution in [0.3, 0.4) is 0 Å². The minimum Gasteiger partial charge on any atom is -0.334 e. The van der Waals surface area contributed by atoms with Crippen LogP contribution in [0.25, 0.3) is 0 Å². The molecule has 0 N–H and O–H groups in total. The molecule has 1 saturated heterocycles. The first kappa shape index (κ1) is 18.8. The molecule has 1 unspecified atom stereocenters. The van der Waals surface area contributed by atoms with Gasteiger partial charge in [0.25, 0.3) is 0 Å². The highest BCUT2D eigenvalue weighted by Crippen LogP contribution is 2.35. The Kier molecular flexibility index (Phi) is 5.82. The number of hydrogen-bond acceptors (Lipinski definition) is 5. The van der Waals surface area contributed by atoms with Crippen LogP contribution in [0.4, 0.5) is 0 Å². The summed E-state index contributed by atoms with van der Waals surface area (Å²) in [4.78, 5) is 18.4. The topological polar surface area (TPSA) is 60.9 Å². The third-order valence-corrected chi connectivity index (χ3v) is 7.48. The molecule has 8 heteroatoms. The molecule has 1 amide bonds. The molecule has 140 valence electrons. The third-order valence-electron chi connectivity index (χ3n) is 5.18. The maximum absolute atomic E-state index is 12.9. The summed E-state index contributed by atoms with van der Waals surface area (Å²) in [5.74, 6) is 0.163. The van der Waals surface area contributed by atoms with Crippen molar-refractivity contribution in [1.82, 2.24) is 14.1 Å². The summed E-state index contributed by atoms with van der Waals surface area (Å²) in [6.45, 7) is 5.70. The van der Waals surface area contributed by atoms with E-state index in [0.29, 0.717) is 26.2 Å².